The van der Waals surface area contributed by atoms with Crippen molar-refractivity contribution < 1.29 is 14.3 Å². The molecule has 0 aliphatic carbocycles. The highest BCUT2D eigenvalue weighted by molar-refractivity contribution is 5.98. The van der Waals surface area contributed by atoms with E-state index in [0.717, 1.165) is 0 Å². The van der Waals surface area contributed by atoms with Crippen molar-refractivity contribution in [1.29, 1.82) is 0 Å². The minimum absolute atomic E-state index is 0.238. The van der Waals surface area contributed by atoms with Crippen LogP contribution in [0.15, 0.2) is 29.4 Å². The van der Waals surface area contributed by atoms with E-state index < -0.39 is 11.9 Å². The van der Waals surface area contributed by atoms with Crippen molar-refractivity contribution in [3.8, 4) is 0 Å². The van der Waals surface area contributed by atoms with Crippen LogP contribution in [0, 0.1) is 0 Å². The molecular weight excluding hydrogens is 222 g/mol. The maximum atomic E-state index is 11.6. The van der Waals surface area contributed by atoms with Gasteiger partial charge in [-0.2, -0.15) is 5.10 Å². The first-order chi connectivity index (χ1) is 8.04. The Morgan fingerprint density at radius 3 is 2.59 bits per heavy atom. The third kappa shape index (κ3) is 3.60. The van der Waals surface area contributed by atoms with E-state index in [4.69, 9.17) is 5.73 Å². The topological polar surface area (TPSA) is 93.8 Å². The maximum Gasteiger partial charge on any atom is 0.337 e. The smallest absolute Gasteiger partial charge is 0.337 e. The summed E-state index contributed by atoms with van der Waals surface area (Å²) in [5.41, 5.74) is 8.14. The molecule has 90 valence electrons. The quantitative estimate of drug-likeness (QED) is 0.345. The number of amides is 1. The predicted octanol–water partition coefficient (Wildman–Crippen LogP) is 0.495. The SMILES string of the molecule is COC(=O)c1cccc(C(=O)NN=C(C)N)c1. The van der Waals surface area contributed by atoms with Gasteiger partial charge in [0.05, 0.1) is 12.7 Å². The number of rotatable bonds is 3. The molecular formula is C11H13N3O3. The lowest BCUT2D eigenvalue weighted by Crippen LogP contribution is -2.21. The molecule has 1 amide bonds. The number of hydrazone groups is 1. The van der Waals surface area contributed by atoms with Crippen molar-refractivity contribution in [2.24, 2.45) is 10.8 Å². The Balaban J connectivity index is 2.88. The van der Waals surface area contributed by atoms with E-state index >= 15 is 0 Å². The second-order valence-corrected chi connectivity index (χ2v) is 3.27. The zero-order valence-corrected chi connectivity index (χ0v) is 9.56. The number of methoxy groups -OCH3 is 1. The fraction of sp³-hybridized carbons (Fsp3) is 0.182. The number of esters is 1. The normalized spacial score (nSPS) is 10.8. The third-order valence-electron chi connectivity index (χ3n) is 1.88. The zero-order chi connectivity index (χ0) is 12.8. The molecule has 0 spiro atoms. The first-order valence-electron chi connectivity index (χ1n) is 4.83. The molecule has 0 aliphatic rings. The molecule has 6 heteroatoms. The summed E-state index contributed by atoms with van der Waals surface area (Å²) in [6.07, 6.45) is 0. The summed E-state index contributed by atoms with van der Waals surface area (Å²) in [6.45, 7) is 1.55. The third-order valence-corrected chi connectivity index (χ3v) is 1.88. The first kappa shape index (κ1) is 12.7. The highest BCUT2D eigenvalue weighted by Gasteiger charge is 2.09. The van der Waals surface area contributed by atoms with E-state index in [0.29, 0.717) is 11.1 Å². The van der Waals surface area contributed by atoms with E-state index in [1.807, 2.05) is 0 Å². The van der Waals surface area contributed by atoms with E-state index in [9.17, 15) is 9.59 Å². The molecule has 1 aromatic rings. The van der Waals surface area contributed by atoms with Gasteiger partial charge >= 0.3 is 5.97 Å². The van der Waals surface area contributed by atoms with Gasteiger partial charge in [-0.1, -0.05) is 6.07 Å². The summed E-state index contributed by atoms with van der Waals surface area (Å²) in [6, 6.07) is 6.12. The Morgan fingerprint density at radius 2 is 2.00 bits per heavy atom. The minimum Gasteiger partial charge on any atom is -0.465 e. The summed E-state index contributed by atoms with van der Waals surface area (Å²) in [5, 5.41) is 3.57. The van der Waals surface area contributed by atoms with Gasteiger partial charge < -0.3 is 10.5 Å². The molecule has 1 rings (SSSR count). The van der Waals surface area contributed by atoms with Gasteiger partial charge in [-0.25, -0.2) is 10.2 Å². The lowest BCUT2D eigenvalue weighted by molar-refractivity contribution is 0.0600. The Bertz CT molecular complexity index is 465. The average Bonchev–Trinajstić information content (AvgIpc) is 2.35. The van der Waals surface area contributed by atoms with Crippen molar-refractivity contribution in [1.82, 2.24) is 5.43 Å². The van der Waals surface area contributed by atoms with Crippen LogP contribution in [0.1, 0.15) is 27.6 Å². The van der Waals surface area contributed by atoms with Gasteiger partial charge in [0.1, 0.15) is 5.84 Å². The van der Waals surface area contributed by atoms with Crippen molar-refractivity contribution in [2.75, 3.05) is 7.11 Å². The molecule has 0 saturated heterocycles. The zero-order valence-electron chi connectivity index (χ0n) is 9.56. The van der Waals surface area contributed by atoms with Crippen molar-refractivity contribution in [3.05, 3.63) is 35.4 Å². The van der Waals surface area contributed by atoms with Crippen molar-refractivity contribution in [2.45, 2.75) is 6.92 Å². The van der Waals surface area contributed by atoms with Crippen LogP contribution in [0.2, 0.25) is 0 Å². The van der Waals surface area contributed by atoms with Crippen LogP contribution in [0.3, 0.4) is 0 Å². The second-order valence-electron chi connectivity index (χ2n) is 3.27. The number of hydrogen-bond donors (Lipinski definition) is 2. The summed E-state index contributed by atoms with van der Waals surface area (Å²) in [5.74, 6) is -0.707. The van der Waals surface area contributed by atoms with Gasteiger partial charge in [0.25, 0.3) is 5.91 Å². The second kappa shape index (κ2) is 5.64. The van der Waals surface area contributed by atoms with Gasteiger partial charge in [0.15, 0.2) is 0 Å². The van der Waals surface area contributed by atoms with Gasteiger partial charge in [0, 0.05) is 5.56 Å². The van der Waals surface area contributed by atoms with E-state index in [2.05, 4.69) is 15.3 Å². The highest BCUT2D eigenvalue weighted by atomic mass is 16.5. The number of nitrogens with zero attached hydrogens (tertiary/aromatic N) is 1. The van der Waals surface area contributed by atoms with E-state index in [-0.39, 0.29) is 5.84 Å². The molecule has 6 nitrogen and oxygen atoms in total. The number of hydrogen-bond acceptors (Lipinski definition) is 4. The Labute approximate surface area is 98.4 Å². The standard InChI is InChI=1S/C11H13N3O3/c1-7(12)13-14-10(15)8-4-3-5-9(6-8)11(16)17-2/h3-6H,1-2H3,(H2,12,13)(H,14,15). The fourth-order valence-electron chi connectivity index (χ4n) is 1.11. The van der Waals surface area contributed by atoms with Crippen LogP contribution in [0.5, 0.6) is 0 Å². The molecule has 0 radical (unpaired) electrons. The highest BCUT2D eigenvalue weighted by Crippen LogP contribution is 2.06. The average molecular weight is 235 g/mol. The summed E-state index contributed by atoms with van der Waals surface area (Å²) in [4.78, 5) is 22.8. The predicted molar refractivity (Wildman–Crippen MR) is 62.5 cm³/mol. The molecule has 0 fully saturated rings. The lowest BCUT2D eigenvalue weighted by Gasteiger charge is -2.03. The molecule has 17 heavy (non-hydrogen) atoms. The van der Waals surface area contributed by atoms with Gasteiger partial charge in [0.2, 0.25) is 0 Å². The van der Waals surface area contributed by atoms with Gasteiger partial charge in [-0.05, 0) is 25.1 Å². The molecule has 0 bridgehead atoms. The fourth-order valence-corrected chi connectivity index (χ4v) is 1.11. The van der Waals surface area contributed by atoms with Crippen LogP contribution in [0.25, 0.3) is 0 Å². The van der Waals surface area contributed by atoms with Crippen LogP contribution in [0.4, 0.5) is 0 Å². The molecule has 3 N–H and O–H groups in total. The summed E-state index contributed by atoms with van der Waals surface area (Å²) in [7, 11) is 1.27. The van der Waals surface area contributed by atoms with Crippen LogP contribution >= 0.6 is 0 Å². The van der Waals surface area contributed by atoms with Gasteiger partial charge in [-0.3, -0.25) is 4.79 Å². The van der Waals surface area contributed by atoms with Crippen LogP contribution < -0.4 is 11.2 Å². The number of benzene rings is 1. The van der Waals surface area contributed by atoms with Gasteiger partial charge in [-0.15, -0.1) is 0 Å². The molecule has 0 unspecified atom stereocenters. The minimum atomic E-state index is -0.502. The number of nitrogens with two attached hydrogens (primary N) is 1. The maximum absolute atomic E-state index is 11.6. The number of amidine groups is 1. The molecule has 1 aromatic carbocycles. The van der Waals surface area contributed by atoms with Crippen molar-refractivity contribution in [3.63, 3.8) is 0 Å². The molecule has 0 saturated carbocycles. The number of carbonyl (C=O) groups excluding carboxylic acids is 2. The monoisotopic (exact) mass is 235 g/mol. The summed E-state index contributed by atoms with van der Waals surface area (Å²) < 4.78 is 4.55. The Morgan fingerprint density at radius 1 is 1.35 bits per heavy atom. The van der Waals surface area contributed by atoms with E-state index in [1.54, 1.807) is 25.1 Å². The van der Waals surface area contributed by atoms with Crippen LogP contribution in [-0.2, 0) is 4.74 Å². The number of nitrogens with one attached hydrogen (secondary N) is 1. The molecule has 0 heterocycles. The first-order valence-corrected chi connectivity index (χ1v) is 4.83. The number of ether oxygens (including phenoxy) is 1. The lowest BCUT2D eigenvalue weighted by atomic mass is 10.1. The van der Waals surface area contributed by atoms with Crippen molar-refractivity contribution >= 4 is 17.7 Å². The van der Waals surface area contributed by atoms with Crippen LogP contribution in [-0.4, -0.2) is 24.8 Å². The molecule has 0 aliphatic heterocycles. The molecule has 0 atom stereocenters. The molecule has 0 aromatic heterocycles. The Hall–Kier alpha value is -2.37. The van der Waals surface area contributed by atoms with E-state index in [1.165, 1.54) is 13.2 Å². The Kier molecular flexibility index (Phi) is 4.21. The summed E-state index contributed by atoms with van der Waals surface area (Å²) >= 11 is 0. The number of carbonyl (C=O) groups is 2. The largest absolute Gasteiger partial charge is 0.465 e.